The summed E-state index contributed by atoms with van der Waals surface area (Å²) in [5.74, 6) is 0. The highest BCUT2D eigenvalue weighted by Crippen LogP contribution is 2.28. The predicted octanol–water partition coefficient (Wildman–Crippen LogP) is 6.60. The number of hydrogen-bond acceptors (Lipinski definition) is 3. The first-order chi connectivity index (χ1) is 14.0. The van der Waals surface area contributed by atoms with Crippen LogP contribution in [0.25, 0.3) is 11.3 Å². The number of nitrogens with zero attached hydrogens (tertiary/aromatic N) is 3. The minimum absolute atomic E-state index is 0.0142. The molecule has 0 atom stereocenters. The van der Waals surface area contributed by atoms with Gasteiger partial charge < -0.3 is 5.32 Å². The Kier molecular flexibility index (Phi) is 6.91. The van der Waals surface area contributed by atoms with Crippen LogP contribution in [0.5, 0.6) is 0 Å². The molecule has 1 N–H and O–H groups in total. The van der Waals surface area contributed by atoms with E-state index in [4.69, 9.17) is 33.4 Å². The Morgan fingerprint density at radius 3 is 2.23 bits per heavy atom. The molecule has 1 heterocycles. The Morgan fingerprint density at radius 1 is 0.900 bits per heavy atom. The highest BCUT2D eigenvalue weighted by atomic mass is 35.5. The van der Waals surface area contributed by atoms with Crippen LogP contribution in [0.4, 0.5) is 0 Å². The van der Waals surface area contributed by atoms with E-state index >= 15 is 0 Å². The summed E-state index contributed by atoms with van der Waals surface area (Å²) in [6.07, 6.45) is 1.05. The van der Waals surface area contributed by atoms with Crippen LogP contribution in [0.15, 0.2) is 48.5 Å². The maximum atomic E-state index is 6.17. The Morgan fingerprint density at radius 2 is 1.60 bits per heavy atom. The summed E-state index contributed by atoms with van der Waals surface area (Å²) >= 11 is 12.2. The van der Waals surface area contributed by atoms with Crippen molar-refractivity contribution in [2.45, 2.75) is 59.7 Å². The standard InChI is InChI=1S/C24H30Cl2N4/c1-23(2,3)16-24(4,5)27-14-21-22(18-9-7-6-8-10-18)29-30(28-21)15-17-11-12-19(25)20(26)13-17/h6-13,27H,14-16H2,1-5H3. The molecule has 0 amide bonds. The lowest BCUT2D eigenvalue weighted by Gasteiger charge is -2.33. The van der Waals surface area contributed by atoms with E-state index in [1.54, 1.807) is 10.9 Å². The summed E-state index contributed by atoms with van der Waals surface area (Å²) in [6.45, 7) is 12.4. The predicted molar refractivity (Wildman–Crippen MR) is 126 cm³/mol. The molecule has 160 valence electrons. The van der Waals surface area contributed by atoms with Crippen molar-refractivity contribution >= 4 is 23.2 Å². The second kappa shape index (κ2) is 9.09. The molecule has 0 saturated carbocycles. The number of nitrogens with one attached hydrogen (secondary N) is 1. The molecule has 3 aromatic rings. The van der Waals surface area contributed by atoms with Crippen LogP contribution in [-0.4, -0.2) is 20.5 Å². The molecule has 4 nitrogen and oxygen atoms in total. The zero-order chi connectivity index (χ0) is 21.9. The summed E-state index contributed by atoms with van der Waals surface area (Å²) in [5, 5.41) is 14.4. The van der Waals surface area contributed by atoms with E-state index in [1.807, 2.05) is 30.3 Å². The van der Waals surface area contributed by atoms with Gasteiger partial charge in [0.1, 0.15) is 11.4 Å². The van der Waals surface area contributed by atoms with Crippen LogP contribution in [0.3, 0.4) is 0 Å². The molecule has 0 unspecified atom stereocenters. The van der Waals surface area contributed by atoms with Crippen molar-refractivity contribution in [3.8, 4) is 11.3 Å². The van der Waals surface area contributed by atoms with Crippen molar-refractivity contribution in [3.05, 3.63) is 69.8 Å². The summed E-state index contributed by atoms with van der Waals surface area (Å²) in [5.41, 5.74) is 4.12. The average molecular weight is 445 g/mol. The number of benzene rings is 2. The van der Waals surface area contributed by atoms with Crippen LogP contribution >= 0.6 is 23.2 Å². The second-order valence-corrected chi connectivity index (χ2v) is 10.4. The molecule has 0 bridgehead atoms. The molecule has 3 rings (SSSR count). The Hall–Kier alpha value is -1.88. The minimum atomic E-state index is -0.0142. The summed E-state index contributed by atoms with van der Waals surface area (Å²) in [4.78, 5) is 1.73. The van der Waals surface area contributed by atoms with Crippen molar-refractivity contribution in [2.75, 3.05) is 0 Å². The van der Waals surface area contributed by atoms with Crippen molar-refractivity contribution < 1.29 is 0 Å². The van der Waals surface area contributed by atoms with Crippen LogP contribution in [0.1, 0.15) is 52.3 Å². The number of halogens is 2. The molecular formula is C24H30Cl2N4. The van der Waals surface area contributed by atoms with Gasteiger partial charge in [-0.05, 0) is 43.4 Å². The lowest BCUT2D eigenvalue weighted by atomic mass is 9.82. The molecule has 0 aliphatic rings. The van der Waals surface area contributed by atoms with Gasteiger partial charge in [0.05, 0.1) is 16.6 Å². The van der Waals surface area contributed by atoms with Gasteiger partial charge in [-0.25, -0.2) is 0 Å². The van der Waals surface area contributed by atoms with E-state index in [0.29, 0.717) is 23.1 Å². The van der Waals surface area contributed by atoms with E-state index in [0.717, 1.165) is 28.9 Å². The topological polar surface area (TPSA) is 42.7 Å². The SMILES string of the molecule is CC(C)(C)CC(C)(C)NCc1nn(Cc2ccc(Cl)c(Cl)c2)nc1-c1ccccc1. The fourth-order valence-electron chi connectivity index (χ4n) is 3.90. The van der Waals surface area contributed by atoms with Crippen LogP contribution in [-0.2, 0) is 13.1 Å². The Bertz CT molecular complexity index is 988. The minimum Gasteiger partial charge on any atom is -0.306 e. The van der Waals surface area contributed by atoms with Gasteiger partial charge in [-0.3, -0.25) is 0 Å². The fraction of sp³-hybridized carbons (Fsp3) is 0.417. The largest absolute Gasteiger partial charge is 0.306 e. The number of hydrogen-bond donors (Lipinski definition) is 1. The summed E-state index contributed by atoms with van der Waals surface area (Å²) < 4.78 is 0. The van der Waals surface area contributed by atoms with E-state index in [1.165, 1.54) is 0 Å². The van der Waals surface area contributed by atoms with Gasteiger partial charge in [0, 0.05) is 17.6 Å². The van der Waals surface area contributed by atoms with Gasteiger partial charge in [0.15, 0.2) is 0 Å². The molecule has 2 aromatic carbocycles. The van der Waals surface area contributed by atoms with Gasteiger partial charge in [-0.2, -0.15) is 15.0 Å². The van der Waals surface area contributed by atoms with Gasteiger partial charge >= 0.3 is 0 Å². The lowest BCUT2D eigenvalue weighted by Crippen LogP contribution is -2.42. The van der Waals surface area contributed by atoms with Crippen molar-refractivity contribution in [2.24, 2.45) is 5.41 Å². The van der Waals surface area contributed by atoms with Crippen molar-refractivity contribution in [1.29, 1.82) is 0 Å². The zero-order valence-electron chi connectivity index (χ0n) is 18.3. The highest BCUT2D eigenvalue weighted by Gasteiger charge is 2.26. The Labute approximate surface area is 189 Å². The smallest absolute Gasteiger partial charge is 0.117 e. The molecule has 1 aromatic heterocycles. The van der Waals surface area contributed by atoms with Crippen molar-refractivity contribution in [3.63, 3.8) is 0 Å². The third kappa shape index (κ3) is 6.31. The molecule has 30 heavy (non-hydrogen) atoms. The van der Waals surface area contributed by atoms with E-state index in [2.05, 4.69) is 52.1 Å². The molecule has 0 fully saturated rings. The monoisotopic (exact) mass is 444 g/mol. The molecular weight excluding hydrogens is 415 g/mol. The highest BCUT2D eigenvalue weighted by molar-refractivity contribution is 6.42. The zero-order valence-corrected chi connectivity index (χ0v) is 19.8. The first-order valence-corrected chi connectivity index (χ1v) is 11.0. The van der Waals surface area contributed by atoms with Crippen LogP contribution < -0.4 is 5.32 Å². The molecule has 6 heteroatoms. The number of aromatic nitrogens is 3. The first kappa shape index (κ1) is 22.8. The normalized spacial score (nSPS) is 12.4. The van der Waals surface area contributed by atoms with Crippen LogP contribution in [0.2, 0.25) is 10.0 Å². The molecule has 0 aliphatic carbocycles. The number of rotatable bonds is 7. The maximum Gasteiger partial charge on any atom is 0.117 e. The fourth-order valence-corrected chi connectivity index (χ4v) is 4.23. The van der Waals surface area contributed by atoms with Crippen LogP contribution in [0, 0.1) is 5.41 Å². The lowest BCUT2D eigenvalue weighted by molar-refractivity contribution is 0.240. The maximum absolute atomic E-state index is 6.17. The Balaban J connectivity index is 1.86. The second-order valence-electron chi connectivity index (χ2n) is 9.62. The quantitative estimate of drug-likeness (QED) is 0.445. The van der Waals surface area contributed by atoms with Gasteiger partial charge in [-0.15, -0.1) is 0 Å². The molecule has 0 aliphatic heterocycles. The third-order valence-electron chi connectivity index (χ3n) is 4.79. The molecule has 0 radical (unpaired) electrons. The van der Waals surface area contributed by atoms with Gasteiger partial charge in [-0.1, -0.05) is 80.4 Å². The molecule has 0 spiro atoms. The van der Waals surface area contributed by atoms with Gasteiger partial charge in [0.2, 0.25) is 0 Å². The first-order valence-electron chi connectivity index (χ1n) is 10.2. The van der Waals surface area contributed by atoms with Gasteiger partial charge in [0.25, 0.3) is 0 Å². The van der Waals surface area contributed by atoms with Crippen molar-refractivity contribution in [1.82, 2.24) is 20.3 Å². The van der Waals surface area contributed by atoms with E-state index in [9.17, 15) is 0 Å². The third-order valence-corrected chi connectivity index (χ3v) is 5.53. The summed E-state index contributed by atoms with van der Waals surface area (Å²) in [7, 11) is 0. The summed E-state index contributed by atoms with van der Waals surface area (Å²) in [6, 6.07) is 15.8. The van der Waals surface area contributed by atoms with E-state index in [-0.39, 0.29) is 11.0 Å². The molecule has 0 saturated heterocycles. The average Bonchev–Trinajstić information content (AvgIpc) is 3.05. The van der Waals surface area contributed by atoms with E-state index < -0.39 is 0 Å².